The lowest BCUT2D eigenvalue weighted by atomic mass is 9.90. The fourth-order valence-corrected chi connectivity index (χ4v) is 4.51. The Morgan fingerprint density at radius 1 is 1.33 bits per heavy atom. The molecule has 1 amide bonds. The Kier molecular flexibility index (Phi) is 3.35. The van der Waals surface area contributed by atoms with Gasteiger partial charge < -0.3 is 5.32 Å². The minimum Gasteiger partial charge on any atom is -0.336 e. The third-order valence-electron chi connectivity index (χ3n) is 5.35. The molecule has 2 aliphatic heterocycles. The quantitative estimate of drug-likeness (QED) is 0.778. The fourth-order valence-electron chi connectivity index (χ4n) is 4.51. The third kappa shape index (κ3) is 1.78. The molecule has 0 aromatic rings. The highest BCUT2D eigenvalue weighted by Crippen LogP contribution is 2.47. The van der Waals surface area contributed by atoms with Gasteiger partial charge in [0.25, 0.3) is 0 Å². The van der Waals surface area contributed by atoms with Crippen molar-refractivity contribution in [1.82, 2.24) is 10.2 Å². The normalized spacial score (nSPS) is 39.5. The zero-order chi connectivity index (χ0) is 12.6. The van der Waals surface area contributed by atoms with Gasteiger partial charge in [0.05, 0.1) is 11.7 Å². The van der Waals surface area contributed by atoms with Crippen molar-refractivity contribution in [2.75, 3.05) is 6.54 Å². The van der Waals surface area contributed by atoms with Crippen LogP contribution in [0.1, 0.15) is 64.7 Å². The molecule has 2 unspecified atom stereocenters. The number of hydrogen-bond donors (Lipinski definition) is 1. The van der Waals surface area contributed by atoms with Crippen molar-refractivity contribution in [2.45, 2.75) is 76.4 Å². The number of rotatable bonds is 4. The number of carbonyl (C=O) groups is 1. The molecule has 0 bridgehead atoms. The molecule has 3 aliphatic rings. The molecule has 1 aliphatic carbocycles. The van der Waals surface area contributed by atoms with E-state index in [9.17, 15) is 4.79 Å². The Morgan fingerprint density at radius 2 is 2.22 bits per heavy atom. The Morgan fingerprint density at radius 3 is 3.06 bits per heavy atom. The smallest absolute Gasteiger partial charge is 0.238 e. The highest BCUT2D eigenvalue weighted by Gasteiger charge is 2.57. The van der Waals surface area contributed by atoms with Crippen LogP contribution in [-0.2, 0) is 4.79 Å². The van der Waals surface area contributed by atoms with E-state index >= 15 is 0 Å². The lowest BCUT2D eigenvalue weighted by molar-refractivity contribution is -0.121. The second-order valence-electron chi connectivity index (χ2n) is 6.35. The van der Waals surface area contributed by atoms with Crippen LogP contribution in [-0.4, -0.2) is 29.1 Å². The van der Waals surface area contributed by atoms with Crippen molar-refractivity contribution >= 4 is 5.91 Å². The van der Waals surface area contributed by atoms with Crippen LogP contribution >= 0.6 is 0 Å². The summed E-state index contributed by atoms with van der Waals surface area (Å²) in [5, 5.41) is 3.40. The third-order valence-corrected chi connectivity index (χ3v) is 5.35. The second-order valence-corrected chi connectivity index (χ2v) is 6.35. The van der Waals surface area contributed by atoms with E-state index in [-0.39, 0.29) is 11.7 Å². The van der Waals surface area contributed by atoms with E-state index in [2.05, 4.69) is 17.1 Å². The molecule has 0 aromatic carbocycles. The highest BCUT2D eigenvalue weighted by molar-refractivity contribution is 5.85. The number of nitrogens with zero attached hydrogens (tertiary/aromatic N) is 1. The number of nitrogens with one attached hydrogen (secondary N) is 1. The second kappa shape index (κ2) is 4.84. The maximum absolute atomic E-state index is 12.1. The predicted octanol–water partition coefficient (Wildman–Crippen LogP) is 2.66. The van der Waals surface area contributed by atoms with Gasteiger partial charge in [0.15, 0.2) is 0 Å². The van der Waals surface area contributed by atoms with Gasteiger partial charge in [-0.2, -0.15) is 0 Å². The molecule has 0 radical (unpaired) electrons. The van der Waals surface area contributed by atoms with Gasteiger partial charge in [-0.3, -0.25) is 9.69 Å². The van der Waals surface area contributed by atoms with Crippen molar-refractivity contribution in [2.24, 2.45) is 5.92 Å². The summed E-state index contributed by atoms with van der Waals surface area (Å²) in [7, 11) is 0. The van der Waals surface area contributed by atoms with Crippen molar-refractivity contribution < 1.29 is 4.79 Å². The van der Waals surface area contributed by atoms with E-state index in [1.807, 2.05) is 0 Å². The number of carbonyl (C=O) groups excluding carboxylic acids is 1. The molecule has 3 fully saturated rings. The van der Waals surface area contributed by atoms with Crippen LogP contribution in [0.4, 0.5) is 0 Å². The maximum atomic E-state index is 12.1. The summed E-state index contributed by atoms with van der Waals surface area (Å²) in [6.45, 7) is 3.39. The molecule has 2 heterocycles. The number of fused-ring (bicyclic) bond motifs is 2. The molecular formula is C15H26N2O. The standard InChI is InChI=1S/C15H26N2O/c1-2-3-4-7-12-8-5-10-15(12)16-14(18)13-9-6-11-17(13)15/h12-13H,2-11H2,1H3,(H,16,18)/t12?,13-,15?/m0/s1. The first kappa shape index (κ1) is 12.5. The van der Waals surface area contributed by atoms with Gasteiger partial charge in [0.2, 0.25) is 5.91 Å². The number of unbranched alkanes of at least 4 members (excludes halogenated alkanes) is 2. The van der Waals surface area contributed by atoms with E-state index in [1.165, 1.54) is 51.4 Å². The minimum atomic E-state index is 0.0615. The predicted molar refractivity (Wildman–Crippen MR) is 72.1 cm³/mol. The van der Waals surface area contributed by atoms with Crippen molar-refractivity contribution in [3.05, 3.63) is 0 Å². The van der Waals surface area contributed by atoms with Gasteiger partial charge in [-0.1, -0.05) is 26.2 Å². The first-order valence-electron chi connectivity index (χ1n) is 7.86. The average molecular weight is 250 g/mol. The molecule has 3 atom stereocenters. The molecule has 2 saturated heterocycles. The van der Waals surface area contributed by atoms with Crippen LogP contribution in [0.25, 0.3) is 0 Å². The zero-order valence-corrected chi connectivity index (χ0v) is 11.6. The lowest BCUT2D eigenvalue weighted by Gasteiger charge is -2.39. The SMILES string of the molecule is CCCCCC1CCCC12NC(=O)[C@@H]1CCCN12. The fraction of sp³-hybridized carbons (Fsp3) is 0.933. The van der Waals surface area contributed by atoms with Gasteiger partial charge in [0, 0.05) is 6.54 Å². The van der Waals surface area contributed by atoms with Gasteiger partial charge in [-0.15, -0.1) is 0 Å². The summed E-state index contributed by atoms with van der Waals surface area (Å²) in [6.07, 6.45) is 11.3. The molecule has 3 rings (SSSR count). The molecule has 3 nitrogen and oxygen atoms in total. The first-order valence-corrected chi connectivity index (χ1v) is 7.86. The molecule has 1 saturated carbocycles. The van der Waals surface area contributed by atoms with Gasteiger partial charge in [-0.05, 0) is 44.4 Å². The summed E-state index contributed by atoms with van der Waals surface area (Å²) in [5.41, 5.74) is 0.0615. The van der Waals surface area contributed by atoms with E-state index in [0.717, 1.165) is 13.0 Å². The van der Waals surface area contributed by atoms with E-state index in [1.54, 1.807) is 0 Å². The van der Waals surface area contributed by atoms with Crippen molar-refractivity contribution in [1.29, 1.82) is 0 Å². The van der Waals surface area contributed by atoms with Crippen LogP contribution in [0.2, 0.25) is 0 Å². The van der Waals surface area contributed by atoms with E-state index in [4.69, 9.17) is 0 Å². The summed E-state index contributed by atoms with van der Waals surface area (Å²) in [6, 6.07) is 0.205. The van der Waals surface area contributed by atoms with Crippen LogP contribution < -0.4 is 5.32 Å². The van der Waals surface area contributed by atoms with Crippen LogP contribution in [0.15, 0.2) is 0 Å². The van der Waals surface area contributed by atoms with Crippen molar-refractivity contribution in [3.8, 4) is 0 Å². The van der Waals surface area contributed by atoms with Gasteiger partial charge >= 0.3 is 0 Å². The number of amides is 1. The summed E-state index contributed by atoms with van der Waals surface area (Å²) in [4.78, 5) is 14.7. The average Bonchev–Trinajstić information content (AvgIpc) is 3.01. The minimum absolute atomic E-state index is 0.0615. The van der Waals surface area contributed by atoms with E-state index in [0.29, 0.717) is 11.8 Å². The topological polar surface area (TPSA) is 32.3 Å². The monoisotopic (exact) mass is 250 g/mol. The Bertz CT molecular complexity index is 330. The summed E-state index contributed by atoms with van der Waals surface area (Å²) >= 11 is 0. The van der Waals surface area contributed by atoms with Crippen LogP contribution in [0, 0.1) is 5.92 Å². The zero-order valence-electron chi connectivity index (χ0n) is 11.6. The van der Waals surface area contributed by atoms with E-state index < -0.39 is 0 Å². The van der Waals surface area contributed by atoms with Crippen LogP contribution in [0.5, 0.6) is 0 Å². The van der Waals surface area contributed by atoms with Gasteiger partial charge in [-0.25, -0.2) is 0 Å². The first-order chi connectivity index (χ1) is 8.78. The number of hydrogen-bond acceptors (Lipinski definition) is 2. The van der Waals surface area contributed by atoms with Crippen molar-refractivity contribution in [3.63, 3.8) is 0 Å². The van der Waals surface area contributed by atoms with Crippen LogP contribution in [0.3, 0.4) is 0 Å². The Labute approximate surface area is 110 Å². The largest absolute Gasteiger partial charge is 0.336 e. The highest BCUT2D eigenvalue weighted by atomic mass is 16.2. The van der Waals surface area contributed by atoms with Gasteiger partial charge in [0.1, 0.15) is 0 Å². The molecule has 1 spiro atoms. The Balaban J connectivity index is 1.74. The summed E-state index contributed by atoms with van der Waals surface area (Å²) < 4.78 is 0. The molecule has 18 heavy (non-hydrogen) atoms. The molecule has 1 N–H and O–H groups in total. The Hall–Kier alpha value is -0.570. The molecule has 102 valence electrons. The molecular weight excluding hydrogens is 224 g/mol. The maximum Gasteiger partial charge on any atom is 0.238 e. The summed E-state index contributed by atoms with van der Waals surface area (Å²) in [5.74, 6) is 1.02. The lowest BCUT2D eigenvalue weighted by Crippen LogP contribution is -2.54. The molecule has 3 heteroatoms. The molecule has 0 aromatic heterocycles.